The quantitative estimate of drug-likeness (QED) is 0.355. The predicted molar refractivity (Wildman–Crippen MR) is 70.1 cm³/mol. The minimum absolute atomic E-state index is 0.0137. The molecule has 0 bridgehead atoms. The molecular weight excluding hydrogens is 216 g/mol. The molecule has 1 rings (SSSR count). The minimum Gasteiger partial charge on any atom is -0.393 e. The van der Waals surface area contributed by atoms with Crippen LogP contribution in [0.5, 0.6) is 0 Å². The molecule has 4 nitrogen and oxygen atoms in total. The van der Waals surface area contributed by atoms with Crippen LogP contribution in [0.25, 0.3) is 0 Å². The van der Waals surface area contributed by atoms with E-state index in [4.69, 9.17) is 5.73 Å². The molecule has 0 fully saturated rings. The van der Waals surface area contributed by atoms with Crippen molar-refractivity contribution in [3.63, 3.8) is 0 Å². The molecule has 0 aliphatic rings. The Kier molecular flexibility index (Phi) is 4.94. The molecule has 0 saturated carbocycles. The molecule has 94 valence electrons. The van der Waals surface area contributed by atoms with Crippen LogP contribution < -0.4 is 5.73 Å². The average molecular weight is 236 g/mol. The van der Waals surface area contributed by atoms with Crippen molar-refractivity contribution >= 4 is 11.4 Å². The summed E-state index contributed by atoms with van der Waals surface area (Å²) >= 11 is 0. The number of hydrogen-bond donors (Lipinski definition) is 1. The van der Waals surface area contributed by atoms with Gasteiger partial charge in [-0.05, 0) is 37.0 Å². The Morgan fingerprint density at radius 2 is 2.00 bits per heavy atom. The maximum absolute atomic E-state index is 10.7. The van der Waals surface area contributed by atoms with Gasteiger partial charge >= 0.3 is 0 Å². The van der Waals surface area contributed by atoms with Crippen molar-refractivity contribution in [3.8, 4) is 0 Å². The van der Waals surface area contributed by atoms with Gasteiger partial charge in [0.2, 0.25) is 0 Å². The number of hydrogen-bond acceptors (Lipinski definition) is 3. The second kappa shape index (κ2) is 6.23. The summed E-state index contributed by atoms with van der Waals surface area (Å²) in [7, 11) is 0. The van der Waals surface area contributed by atoms with E-state index in [2.05, 4.69) is 6.92 Å². The molecule has 1 aromatic rings. The second-order valence-corrected chi connectivity index (χ2v) is 4.41. The number of benzene rings is 1. The highest BCUT2D eigenvalue weighted by Gasteiger charge is 2.13. The number of nitrogens with zero attached hydrogens (tertiary/aromatic N) is 1. The maximum atomic E-state index is 10.7. The second-order valence-electron chi connectivity index (χ2n) is 4.41. The van der Waals surface area contributed by atoms with Crippen molar-refractivity contribution < 1.29 is 4.92 Å². The van der Waals surface area contributed by atoms with Gasteiger partial charge in [-0.1, -0.05) is 26.2 Å². The first-order valence-corrected chi connectivity index (χ1v) is 6.09. The Balaban J connectivity index is 2.74. The Morgan fingerprint density at radius 1 is 1.29 bits per heavy atom. The number of anilines is 1. The largest absolute Gasteiger partial charge is 0.393 e. The molecule has 0 radical (unpaired) electrons. The van der Waals surface area contributed by atoms with Crippen LogP contribution in [-0.4, -0.2) is 4.92 Å². The van der Waals surface area contributed by atoms with Crippen LogP contribution in [0.2, 0.25) is 0 Å². The highest BCUT2D eigenvalue weighted by atomic mass is 16.6. The summed E-state index contributed by atoms with van der Waals surface area (Å²) in [5, 5.41) is 10.7. The van der Waals surface area contributed by atoms with Crippen LogP contribution in [0.4, 0.5) is 11.4 Å². The zero-order valence-corrected chi connectivity index (χ0v) is 10.5. The fourth-order valence-corrected chi connectivity index (χ4v) is 1.93. The van der Waals surface area contributed by atoms with E-state index in [1.807, 2.05) is 6.92 Å². The lowest BCUT2D eigenvalue weighted by Crippen LogP contribution is -1.99. The summed E-state index contributed by atoms with van der Waals surface area (Å²) in [5.74, 6) is 0. The van der Waals surface area contributed by atoms with Gasteiger partial charge in [0.15, 0.2) is 0 Å². The van der Waals surface area contributed by atoms with E-state index in [9.17, 15) is 10.1 Å². The van der Waals surface area contributed by atoms with Crippen LogP contribution in [0.1, 0.15) is 43.7 Å². The van der Waals surface area contributed by atoms with E-state index in [1.54, 1.807) is 12.1 Å². The molecule has 0 atom stereocenters. The monoisotopic (exact) mass is 236 g/mol. The highest BCUT2D eigenvalue weighted by Crippen LogP contribution is 2.26. The van der Waals surface area contributed by atoms with Gasteiger partial charge in [-0.3, -0.25) is 10.1 Å². The number of nitro groups is 1. The Labute approximate surface area is 102 Å². The SMILES string of the molecule is CCCCCCc1cc(N)c([N+](=O)[O-])cc1C. The summed E-state index contributed by atoms with van der Waals surface area (Å²) in [4.78, 5) is 10.3. The first-order valence-electron chi connectivity index (χ1n) is 6.09. The molecule has 0 spiro atoms. The zero-order chi connectivity index (χ0) is 12.8. The van der Waals surface area contributed by atoms with Crippen LogP contribution >= 0.6 is 0 Å². The summed E-state index contributed by atoms with van der Waals surface area (Å²) in [6.45, 7) is 4.08. The Hall–Kier alpha value is -1.58. The van der Waals surface area contributed by atoms with E-state index in [-0.39, 0.29) is 11.4 Å². The standard InChI is InChI=1S/C13H20N2O2/c1-3-4-5-6-7-11-9-12(14)13(15(16)17)8-10(11)2/h8-9H,3-7,14H2,1-2H3. The van der Waals surface area contributed by atoms with Gasteiger partial charge in [-0.25, -0.2) is 0 Å². The number of rotatable bonds is 6. The molecule has 0 heterocycles. The van der Waals surface area contributed by atoms with Gasteiger partial charge in [0.05, 0.1) is 4.92 Å². The molecule has 17 heavy (non-hydrogen) atoms. The molecule has 0 amide bonds. The highest BCUT2D eigenvalue weighted by molar-refractivity contribution is 5.61. The summed E-state index contributed by atoms with van der Waals surface area (Å²) in [6, 6.07) is 3.32. The third-order valence-electron chi connectivity index (χ3n) is 2.98. The number of unbranched alkanes of at least 4 members (excludes halogenated alkanes) is 3. The Bertz CT molecular complexity index is 403. The fourth-order valence-electron chi connectivity index (χ4n) is 1.93. The first kappa shape index (κ1) is 13.5. The normalized spacial score (nSPS) is 10.5. The summed E-state index contributed by atoms with van der Waals surface area (Å²) in [5.41, 5.74) is 8.05. The first-order chi connectivity index (χ1) is 8.06. The molecule has 0 aromatic heterocycles. The van der Waals surface area contributed by atoms with E-state index >= 15 is 0 Å². The lowest BCUT2D eigenvalue weighted by Gasteiger charge is -2.07. The summed E-state index contributed by atoms with van der Waals surface area (Å²) in [6.07, 6.45) is 5.72. The molecule has 0 aliphatic heterocycles. The third kappa shape index (κ3) is 3.73. The lowest BCUT2D eigenvalue weighted by atomic mass is 10.0. The molecule has 0 unspecified atom stereocenters. The zero-order valence-electron chi connectivity index (χ0n) is 10.5. The van der Waals surface area contributed by atoms with Crippen molar-refractivity contribution in [3.05, 3.63) is 33.4 Å². The number of nitrogens with two attached hydrogens (primary N) is 1. The maximum Gasteiger partial charge on any atom is 0.292 e. The average Bonchev–Trinajstić information content (AvgIpc) is 2.28. The minimum atomic E-state index is -0.427. The molecule has 0 saturated heterocycles. The lowest BCUT2D eigenvalue weighted by molar-refractivity contribution is -0.383. The van der Waals surface area contributed by atoms with Gasteiger partial charge in [-0.2, -0.15) is 0 Å². The van der Waals surface area contributed by atoms with Gasteiger partial charge in [0.25, 0.3) is 5.69 Å². The molecule has 1 aromatic carbocycles. The molecule has 2 N–H and O–H groups in total. The van der Waals surface area contributed by atoms with Gasteiger partial charge < -0.3 is 5.73 Å². The van der Waals surface area contributed by atoms with E-state index in [0.29, 0.717) is 0 Å². The van der Waals surface area contributed by atoms with Crippen LogP contribution in [-0.2, 0) is 6.42 Å². The molecular formula is C13H20N2O2. The smallest absolute Gasteiger partial charge is 0.292 e. The van der Waals surface area contributed by atoms with Crippen molar-refractivity contribution in [2.75, 3.05) is 5.73 Å². The van der Waals surface area contributed by atoms with Crippen molar-refractivity contribution in [2.24, 2.45) is 0 Å². The molecule has 0 aliphatic carbocycles. The Morgan fingerprint density at radius 3 is 2.59 bits per heavy atom. The van der Waals surface area contributed by atoms with Crippen LogP contribution in [0.3, 0.4) is 0 Å². The van der Waals surface area contributed by atoms with Gasteiger partial charge in [0, 0.05) is 6.07 Å². The number of nitro benzene ring substituents is 1. The van der Waals surface area contributed by atoms with Crippen LogP contribution in [0, 0.1) is 17.0 Å². The van der Waals surface area contributed by atoms with E-state index in [0.717, 1.165) is 24.0 Å². The van der Waals surface area contributed by atoms with Crippen LogP contribution in [0.15, 0.2) is 12.1 Å². The van der Waals surface area contributed by atoms with Crippen molar-refractivity contribution in [1.82, 2.24) is 0 Å². The van der Waals surface area contributed by atoms with Crippen molar-refractivity contribution in [2.45, 2.75) is 46.0 Å². The predicted octanol–water partition coefficient (Wildman–Crippen LogP) is 3.61. The molecule has 4 heteroatoms. The van der Waals surface area contributed by atoms with E-state index in [1.165, 1.54) is 19.3 Å². The van der Waals surface area contributed by atoms with E-state index < -0.39 is 4.92 Å². The number of aryl methyl sites for hydroxylation is 2. The van der Waals surface area contributed by atoms with Gasteiger partial charge in [-0.15, -0.1) is 0 Å². The summed E-state index contributed by atoms with van der Waals surface area (Å²) < 4.78 is 0. The number of nitrogen functional groups attached to an aromatic ring is 1. The fraction of sp³-hybridized carbons (Fsp3) is 0.538. The topological polar surface area (TPSA) is 69.2 Å². The third-order valence-corrected chi connectivity index (χ3v) is 2.98. The van der Waals surface area contributed by atoms with Gasteiger partial charge in [0.1, 0.15) is 5.69 Å². The van der Waals surface area contributed by atoms with Crippen molar-refractivity contribution in [1.29, 1.82) is 0 Å².